The number of carbonyl (C=O) groups is 6. The van der Waals surface area contributed by atoms with Crippen molar-refractivity contribution in [3.63, 3.8) is 0 Å². The first-order valence-electron chi connectivity index (χ1n) is 39.6. The van der Waals surface area contributed by atoms with Gasteiger partial charge in [-0.25, -0.2) is 28.8 Å². The number of hydrogen-bond donors (Lipinski definition) is 3. The fourth-order valence-corrected chi connectivity index (χ4v) is 13.0. The molecule has 0 saturated heterocycles. The maximum Gasteiger partial charge on any atom is 0.339 e. The maximum absolute atomic E-state index is 13.1. The van der Waals surface area contributed by atoms with Crippen molar-refractivity contribution in [2.75, 3.05) is 19.8 Å². The Bertz CT molecular complexity index is 2380. The lowest BCUT2D eigenvalue weighted by atomic mass is 9.80. The molecule has 2 aromatic carbocycles. The lowest BCUT2D eigenvalue weighted by molar-refractivity contribution is 0.0447. The first kappa shape index (κ1) is 89.3. The Morgan fingerprint density at radius 1 is 0.271 bits per heavy atom. The van der Waals surface area contributed by atoms with E-state index >= 15 is 0 Å². The molecule has 0 aliphatic rings. The van der Waals surface area contributed by atoms with E-state index in [0.717, 1.165) is 146 Å². The number of rotatable bonds is 60. The molecule has 0 heterocycles. The van der Waals surface area contributed by atoms with E-state index in [-0.39, 0.29) is 52.0 Å². The van der Waals surface area contributed by atoms with Crippen LogP contribution in [0.5, 0.6) is 0 Å². The molecule has 0 spiro atoms. The summed E-state index contributed by atoms with van der Waals surface area (Å²) >= 11 is 0. The van der Waals surface area contributed by atoms with Crippen LogP contribution in [0.2, 0.25) is 0 Å². The number of carboxylic acids is 3. The van der Waals surface area contributed by atoms with Gasteiger partial charge in [-0.05, 0) is 128 Å². The molecule has 552 valence electrons. The Balaban J connectivity index is 0.000000990. The molecule has 0 aliphatic carbocycles. The van der Waals surface area contributed by atoms with E-state index in [1.807, 2.05) is 0 Å². The highest BCUT2D eigenvalue weighted by Crippen LogP contribution is 2.34. The number of unbranched alkanes of at least 4 members (excludes halogenated alkanes) is 30. The van der Waals surface area contributed by atoms with Crippen LogP contribution in [-0.4, -0.2) is 71.0 Å². The predicted octanol–water partition coefficient (Wildman–Crippen LogP) is 24.9. The van der Waals surface area contributed by atoms with Crippen molar-refractivity contribution in [3.8, 4) is 0 Å². The van der Waals surface area contributed by atoms with Gasteiger partial charge in [-0.2, -0.15) is 0 Å². The Kier molecular flexibility index (Phi) is 53.1. The molecule has 0 aromatic heterocycles. The molecule has 0 amide bonds. The van der Waals surface area contributed by atoms with Gasteiger partial charge in [0.05, 0.1) is 53.2 Å². The van der Waals surface area contributed by atoms with Crippen LogP contribution in [0.25, 0.3) is 0 Å². The van der Waals surface area contributed by atoms with Crippen molar-refractivity contribution in [1.29, 1.82) is 0 Å². The Morgan fingerprint density at radius 3 is 0.792 bits per heavy atom. The second-order valence-electron chi connectivity index (χ2n) is 30.7. The first-order chi connectivity index (χ1) is 46.0. The zero-order valence-electron chi connectivity index (χ0n) is 63.7. The minimum atomic E-state index is -1.33. The fourth-order valence-electron chi connectivity index (χ4n) is 13.0. The van der Waals surface area contributed by atoms with Crippen LogP contribution < -0.4 is 0 Å². The summed E-state index contributed by atoms with van der Waals surface area (Å²) in [6, 6.07) is 4.42. The normalized spacial score (nSPS) is 11.6. The highest BCUT2D eigenvalue weighted by molar-refractivity contribution is 6.08. The number of ether oxygens (including phenoxy) is 3. The van der Waals surface area contributed by atoms with Crippen molar-refractivity contribution >= 4 is 35.8 Å². The molecule has 96 heavy (non-hydrogen) atoms. The summed E-state index contributed by atoms with van der Waals surface area (Å²) in [7, 11) is 0. The summed E-state index contributed by atoms with van der Waals surface area (Å²) < 4.78 is 16.5. The van der Waals surface area contributed by atoms with Crippen molar-refractivity contribution in [1.82, 2.24) is 0 Å². The third-order valence-corrected chi connectivity index (χ3v) is 18.8. The van der Waals surface area contributed by atoms with E-state index in [4.69, 9.17) is 14.2 Å². The highest BCUT2D eigenvalue weighted by Gasteiger charge is 2.33. The van der Waals surface area contributed by atoms with E-state index in [9.17, 15) is 44.1 Å². The van der Waals surface area contributed by atoms with Gasteiger partial charge in [0.15, 0.2) is 0 Å². The van der Waals surface area contributed by atoms with Gasteiger partial charge in [0.25, 0.3) is 0 Å². The molecule has 0 fully saturated rings. The molecule has 0 atom stereocenters. The fraction of sp³-hybridized carbons (Fsp3) is 0.786. The molecule has 0 aliphatic heterocycles. The SMILES string of the molecule is CC(C)CCCCCCCCCCc1c(CCCCCCCCCCC(C)C)c(C(=O)O)c(C(=O)O)c(CCCCCCCCCCC(C)C)c1C(=O)O.CC(C)CCCCCCOC(=O)c1ccc(C(=O)OCCCCCCC(C)C)c(C(=O)OCCCCCCC(C)C)c1. The lowest BCUT2D eigenvalue weighted by Crippen LogP contribution is -2.22. The molecule has 2 aromatic rings. The van der Waals surface area contributed by atoms with Crippen molar-refractivity contribution in [2.24, 2.45) is 35.5 Å². The molecule has 2 rings (SSSR count). The van der Waals surface area contributed by atoms with E-state index < -0.39 is 35.8 Å². The number of hydrogen-bond acceptors (Lipinski definition) is 9. The summed E-state index contributed by atoms with van der Waals surface area (Å²) in [5.41, 5.74) is 1.30. The maximum atomic E-state index is 13.1. The van der Waals surface area contributed by atoms with Crippen LogP contribution >= 0.6 is 0 Å². The van der Waals surface area contributed by atoms with Gasteiger partial charge in [-0.15, -0.1) is 0 Å². The average molecular weight is 1350 g/mol. The summed E-state index contributed by atoms with van der Waals surface area (Å²) in [5.74, 6) is -1.04. The zero-order valence-corrected chi connectivity index (χ0v) is 63.7. The smallest absolute Gasteiger partial charge is 0.339 e. The van der Waals surface area contributed by atoms with Crippen molar-refractivity contribution in [3.05, 3.63) is 68.3 Å². The lowest BCUT2D eigenvalue weighted by Gasteiger charge is -2.22. The zero-order chi connectivity index (χ0) is 71.3. The van der Waals surface area contributed by atoms with Crippen LogP contribution in [0.1, 0.15) is 432 Å². The summed E-state index contributed by atoms with van der Waals surface area (Å²) in [5, 5.41) is 31.7. The average Bonchev–Trinajstić information content (AvgIpc) is 0.760. The molecular weight excluding hydrogens is 1200 g/mol. The number of esters is 3. The molecule has 0 saturated carbocycles. The van der Waals surface area contributed by atoms with Crippen LogP contribution in [0.4, 0.5) is 0 Å². The molecule has 3 N–H and O–H groups in total. The third-order valence-electron chi connectivity index (χ3n) is 18.8. The van der Waals surface area contributed by atoms with E-state index in [1.165, 1.54) is 153 Å². The minimum absolute atomic E-state index is 0.0554. The largest absolute Gasteiger partial charge is 0.478 e. The van der Waals surface area contributed by atoms with E-state index in [1.54, 1.807) is 0 Å². The van der Waals surface area contributed by atoms with Gasteiger partial charge in [-0.3, -0.25) is 0 Å². The molecule has 0 bridgehead atoms. The Hall–Kier alpha value is -4.74. The summed E-state index contributed by atoms with van der Waals surface area (Å²) in [4.78, 5) is 77.6. The van der Waals surface area contributed by atoms with Gasteiger partial charge < -0.3 is 29.5 Å². The third kappa shape index (κ3) is 44.3. The van der Waals surface area contributed by atoms with E-state index in [0.29, 0.717) is 61.4 Å². The number of carbonyl (C=O) groups excluding carboxylic acids is 3. The number of aromatic carboxylic acids is 3. The number of carboxylic acid groups (broad SMARTS) is 3. The van der Waals surface area contributed by atoms with Gasteiger partial charge in [0.1, 0.15) is 0 Å². The van der Waals surface area contributed by atoms with Crippen molar-refractivity contribution < 1.29 is 58.3 Å². The van der Waals surface area contributed by atoms with Crippen LogP contribution in [0, 0.1) is 35.5 Å². The second kappa shape index (κ2) is 57.1. The van der Waals surface area contributed by atoms with Gasteiger partial charge in [0, 0.05) is 0 Å². The Labute approximate surface area is 586 Å². The summed E-state index contributed by atoms with van der Waals surface area (Å²) in [6.45, 7) is 27.8. The van der Waals surface area contributed by atoms with Crippen molar-refractivity contribution in [2.45, 2.75) is 372 Å². The van der Waals surface area contributed by atoms with Crippen LogP contribution in [0.3, 0.4) is 0 Å². The molecule has 0 unspecified atom stereocenters. The first-order valence-corrected chi connectivity index (χ1v) is 39.6. The number of benzene rings is 2. The van der Waals surface area contributed by atoms with E-state index in [2.05, 4.69) is 83.1 Å². The standard InChI is InChI=1S/C48H84O6.C36H60O6/c1-37(2)31-25-19-13-7-10-16-22-28-34-40-41(35-29-23-17-11-8-14-20-26-32-38(3)4)44(47(51)52)45(48(53)54)42(43(40)46(49)50)36-30-24-18-12-9-15-21-27-33-39(5)6;1-28(2)19-13-7-10-16-24-40-34(37)31-22-23-32(35(38)41-25-17-11-8-14-20-29(3)4)33(27-31)36(39)42-26-18-12-9-15-21-30(5)6/h37-39H,7-36H2,1-6H3,(H,49,50)(H,51,52)(H,53,54);22-23,27-30H,7-21,24-26H2,1-6H3. The summed E-state index contributed by atoms with van der Waals surface area (Å²) in [6.07, 6.45) is 47.2. The predicted molar refractivity (Wildman–Crippen MR) is 399 cm³/mol. The van der Waals surface area contributed by atoms with Gasteiger partial charge >= 0.3 is 35.8 Å². The monoisotopic (exact) mass is 1350 g/mol. The van der Waals surface area contributed by atoms with Gasteiger partial charge in [-0.1, -0.05) is 314 Å². The second-order valence-corrected chi connectivity index (χ2v) is 30.7. The molecule has 12 heteroatoms. The minimum Gasteiger partial charge on any atom is -0.478 e. The van der Waals surface area contributed by atoms with Crippen LogP contribution in [0.15, 0.2) is 18.2 Å². The molecule has 12 nitrogen and oxygen atoms in total. The quantitative estimate of drug-likeness (QED) is 0.0323. The van der Waals surface area contributed by atoms with Gasteiger partial charge in [0.2, 0.25) is 0 Å². The Morgan fingerprint density at radius 2 is 0.500 bits per heavy atom. The highest BCUT2D eigenvalue weighted by atomic mass is 16.5. The molecular formula is C84H144O12. The van der Waals surface area contributed by atoms with Crippen LogP contribution in [-0.2, 0) is 33.5 Å². The molecule has 0 radical (unpaired) electrons. The topological polar surface area (TPSA) is 191 Å².